The van der Waals surface area contributed by atoms with Crippen LogP contribution in [0.15, 0.2) is 48.8 Å². The van der Waals surface area contributed by atoms with Gasteiger partial charge in [0, 0.05) is 24.4 Å². The Hall–Kier alpha value is -3.15. The number of amides is 1. The maximum Gasteiger partial charge on any atom is 0.223 e. The highest BCUT2D eigenvalue weighted by Crippen LogP contribution is 2.30. The number of piperidine rings is 1. The van der Waals surface area contributed by atoms with Crippen molar-refractivity contribution in [2.75, 3.05) is 24.6 Å². The predicted octanol–water partition coefficient (Wildman–Crippen LogP) is 4.05. The second-order valence-corrected chi connectivity index (χ2v) is 8.53. The molecule has 1 atom stereocenters. The van der Waals surface area contributed by atoms with E-state index in [-0.39, 0.29) is 17.9 Å². The van der Waals surface area contributed by atoms with E-state index in [9.17, 15) is 4.79 Å². The van der Waals surface area contributed by atoms with Crippen molar-refractivity contribution in [3.8, 4) is 5.75 Å². The first-order valence-electron chi connectivity index (χ1n) is 11.2. The van der Waals surface area contributed by atoms with Crippen LogP contribution >= 0.6 is 0 Å². The first-order chi connectivity index (χ1) is 15.2. The lowest BCUT2D eigenvalue weighted by molar-refractivity contribution is -0.126. The number of hydrogen-bond acceptors (Lipinski definition) is 5. The Kier molecular flexibility index (Phi) is 5.45. The summed E-state index contributed by atoms with van der Waals surface area (Å²) < 4.78 is 5.71. The molecule has 3 aromatic rings. The van der Waals surface area contributed by atoms with Crippen molar-refractivity contribution >= 4 is 22.6 Å². The van der Waals surface area contributed by atoms with Crippen LogP contribution < -0.4 is 15.0 Å². The fourth-order valence-electron chi connectivity index (χ4n) is 4.66. The van der Waals surface area contributed by atoms with Crippen LogP contribution in [0, 0.1) is 5.92 Å². The van der Waals surface area contributed by atoms with Crippen molar-refractivity contribution in [2.45, 2.75) is 38.6 Å². The van der Waals surface area contributed by atoms with Gasteiger partial charge < -0.3 is 15.0 Å². The van der Waals surface area contributed by atoms with Gasteiger partial charge in [-0.05, 0) is 61.9 Å². The molecule has 2 aromatic carbocycles. The molecule has 3 heterocycles. The van der Waals surface area contributed by atoms with E-state index in [2.05, 4.69) is 45.3 Å². The zero-order chi connectivity index (χ0) is 21.2. The minimum atomic E-state index is -0.0106. The molecule has 1 saturated heterocycles. The molecule has 1 N–H and O–H groups in total. The van der Waals surface area contributed by atoms with Crippen LogP contribution in [-0.4, -0.2) is 35.6 Å². The molecule has 0 radical (unpaired) electrons. The van der Waals surface area contributed by atoms with Gasteiger partial charge in [-0.2, -0.15) is 0 Å². The molecule has 1 fully saturated rings. The molecule has 0 aliphatic carbocycles. The summed E-state index contributed by atoms with van der Waals surface area (Å²) in [5, 5.41) is 4.30. The Morgan fingerprint density at radius 1 is 1.16 bits per heavy atom. The van der Waals surface area contributed by atoms with Crippen LogP contribution in [0.3, 0.4) is 0 Å². The molecule has 5 rings (SSSR count). The Balaban J connectivity index is 1.21. The van der Waals surface area contributed by atoms with Gasteiger partial charge in [0.25, 0.3) is 0 Å². The second-order valence-electron chi connectivity index (χ2n) is 8.53. The number of rotatable bonds is 4. The zero-order valence-corrected chi connectivity index (χ0v) is 17.9. The summed E-state index contributed by atoms with van der Waals surface area (Å²) in [4.78, 5) is 24.1. The first kappa shape index (κ1) is 19.8. The number of aromatic nitrogens is 2. The number of ether oxygens (including phenoxy) is 1. The van der Waals surface area contributed by atoms with Crippen molar-refractivity contribution < 1.29 is 9.53 Å². The van der Waals surface area contributed by atoms with Gasteiger partial charge in [-0.15, -0.1) is 0 Å². The van der Waals surface area contributed by atoms with Gasteiger partial charge in [-0.1, -0.05) is 24.3 Å². The van der Waals surface area contributed by atoms with Crippen molar-refractivity contribution in [1.82, 2.24) is 15.3 Å². The van der Waals surface area contributed by atoms with Crippen LogP contribution in [0.4, 0.5) is 5.82 Å². The van der Waals surface area contributed by atoms with Crippen LogP contribution in [0.25, 0.3) is 10.9 Å². The summed E-state index contributed by atoms with van der Waals surface area (Å²) in [7, 11) is 0. The van der Waals surface area contributed by atoms with E-state index in [4.69, 9.17) is 4.74 Å². The third kappa shape index (κ3) is 4.07. The topological polar surface area (TPSA) is 67.4 Å². The van der Waals surface area contributed by atoms with Crippen LogP contribution in [0.5, 0.6) is 5.75 Å². The third-order valence-corrected chi connectivity index (χ3v) is 6.48. The van der Waals surface area contributed by atoms with Gasteiger partial charge in [0.2, 0.25) is 5.91 Å². The van der Waals surface area contributed by atoms with E-state index in [1.807, 2.05) is 24.3 Å². The Bertz CT molecular complexity index is 1090. The summed E-state index contributed by atoms with van der Waals surface area (Å²) in [6, 6.07) is 14.4. The number of nitrogens with zero attached hydrogens (tertiary/aromatic N) is 3. The normalized spacial score (nSPS) is 17.6. The fourth-order valence-corrected chi connectivity index (χ4v) is 4.66. The lowest BCUT2D eigenvalue weighted by Gasteiger charge is -2.33. The molecule has 0 bridgehead atoms. The summed E-state index contributed by atoms with van der Waals surface area (Å²) in [6.45, 7) is 4.50. The van der Waals surface area contributed by atoms with Gasteiger partial charge in [0.15, 0.2) is 0 Å². The number of aryl methyl sites for hydroxylation is 1. The van der Waals surface area contributed by atoms with Crippen molar-refractivity contribution in [2.24, 2.45) is 5.92 Å². The lowest BCUT2D eigenvalue weighted by Crippen LogP contribution is -2.41. The Labute approximate surface area is 182 Å². The van der Waals surface area contributed by atoms with Gasteiger partial charge in [-0.3, -0.25) is 4.79 Å². The summed E-state index contributed by atoms with van der Waals surface area (Å²) >= 11 is 0. The minimum absolute atomic E-state index is 0.0106. The minimum Gasteiger partial charge on any atom is -0.493 e. The summed E-state index contributed by atoms with van der Waals surface area (Å²) in [6.07, 6.45) is 5.38. The SMILES string of the molecule is C[C@@H](NC(=O)C1CCN(c2ncnc3ccccc23)CC1)c1ccc2c(c1)CCCO2. The number of benzene rings is 2. The van der Waals surface area contributed by atoms with E-state index in [1.54, 1.807) is 6.33 Å². The van der Waals surface area contributed by atoms with E-state index >= 15 is 0 Å². The van der Waals surface area contributed by atoms with Gasteiger partial charge in [0.05, 0.1) is 18.2 Å². The van der Waals surface area contributed by atoms with Crippen molar-refractivity contribution in [3.05, 3.63) is 59.9 Å². The number of hydrogen-bond donors (Lipinski definition) is 1. The molecule has 1 amide bonds. The molecule has 6 heteroatoms. The number of carbonyl (C=O) groups is 1. The lowest BCUT2D eigenvalue weighted by atomic mass is 9.94. The average molecular weight is 417 g/mol. The van der Waals surface area contributed by atoms with Crippen molar-refractivity contribution in [3.63, 3.8) is 0 Å². The van der Waals surface area contributed by atoms with E-state index in [0.29, 0.717) is 0 Å². The molecule has 160 valence electrons. The highest BCUT2D eigenvalue weighted by atomic mass is 16.5. The third-order valence-electron chi connectivity index (χ3n) is 6.48. The largest absolute Gasteiger partial charge is 0.493 e. The van der Waals surface area contributed by atoms with Crippen molar-refractivity contribution in [1.29, 1.82) is 0 Å². The number of nitrogens with one attached hydrogen (secondary N) is 1. The van der Waals surface area contributed by atoms with Crippen LogP contribution in [0.2, 0.25) is 0 Å². The number of carbonyl (C=O) groups excluding carboxylic acids is 1. The van der Waals surface area contributed by atoms with E-state index in [1.165, 1.54) is 5.56 Å². The molecule has 0 spiro atoms. The molecule has 0 saturated carbocycles. The number of para-hydroxylation sites is 1. The molecule has 2 aliphatic heterocycles. The monoisotopic (exact) mass is 416 g/mol. The molecule has 0 unspecified atom stereocenters. The standard InChI is InChI=1S/C25H28N4O2/c1-17(19-8-9-23-20(15-19)5-4-14-31-23)28-25(30)18-10-12-29(13-11-18)24-21-6-2-3-7-22(21)26-16-27-24/h2-3,6-9,15-18H,4-5,10-14H2,1H3,(H,28,30)/t17-/m1/s1. The molecule has 31 heavy (non-hydrogen) atoms. The number of anilines is 1. The van der Waals surface area contributed by atoms with Crippen LogP contribution in [-0.2, 0) is 11.2 Å². The Morgan fingerprint density at radius 2 is 2.00 bits per heavy atom. The predicted molar refractivity (Wildman–Crippen MR) is 121 cm³/mol. The maximum atomic E-state index is 12.9. The highest BCUT2D eigenvalue weighted by molar-refractivity contribution is 5.89. The van der Waals surface area contributed by atoms with Gasteiger partial charge in [-0.25, -0.2) is 9.97 Å². The fraction of sp³-hybridized carbons (Fsp3) is 0.400. The second kappa shape index (κ2) is 8.53. The average Bonchev–Trinajstić information content (AvgIpc) is 2.83. The molecule has 2 aliphatic rings. The quantitative estimate of drug-likeness (QED) is 0.695. The van der Waals surface area contributed by atoms with E-state index < -0.39 is 0 Å². The van der Waals surface area contributed by atoms with Gasteiger partial charge in [0.1, 0.15) is 17.9 Å². The molecular weight excluding hydrogens is 388 g/mol. The smallest absolute Gasteiger partial charge is 0.223 e. The van der Waals surface area contributed by atoms with Crippen LogP contribution in [0.1, 0.15) is 43.4 Å². The zero-order valence-electron chi connectivity index (χ0n) is 17.9. The Morgan fingerprint density at radius 3 is 2.87 bits per heavy atom. The molecular formula is C25H28N4O2. The number of fused-ring (bicyclic) bond motifs is 2. The first-order valence-corrected chi connectivity index (χ1v) is 11.2. The summed E-state index contributed by atoms with van der Waals surface area (Å²) in [5.41, 5.74) is 3.34. The maximum absolute atomic E-state index is 12.9. The molecule has 1 aromatic heterocycles. The van der Waals surface area contributed by atoms with E-state index in [0.717, 1.165) is 73.4 Å². The molecule has 6 nitrogen and oxygen atoms in total. The highest BCUT2D eigenvalue weighted by Gasteiger charge is 2.27. The summed E-state index contributed by atoms with van der Waals surface area (Å²) in [5.74, 6) is 2.13. The van der Waals surface area contributed by atoms with Gasteiger partial charge >= 0.3 is 0 Å².